The number of hydrogen-bond donors (Lipinski definition) is 0. The molecule has 4 heteroatoms. The van der Waals surface area contributed by atoms with E-state index in [1.165, 1.54) is 10.4 Å². The van der Waals surface area contributed by atoms with Crippen LogP contribution in [0.15, 0.2) is 36.4 Å². The molecule has 1 aromatic heterocycles. The van der Waals surface area contributed by atoms with Crippen LogP contribution in [0.4, 0.5) is 0 Å². The van der Waals surface area contributed by atoms with E-state index in [-0.39, 0.29) is 0 Å². The molecular formula is C16H18NO2S. The Bertz CT molecular complexity index is 504. The molecule has 0 bridgehead atoms. The minimum Gasteiger partial charge on any atom is -0.492 e. The molecule has 1 saturated heterocycles. The van der Waals surface area contributed by atoms with Crippen molar-refractivity contribution >= 4 is 11.3 Å². The van der Waals surface area contributed by atoms with Crippen LogP contribution in [0.3, 0.4) is 0 Å². The largest absolute Gasteiger partial charge is 0.492 e. The first-order valence-corrected chi connectivity index (χ1v) is 7.73. The van der Waals surface area contributed by atoms with Crippen LogP contribution in [0.25, 0.3) is 10.4 Å². The summed E-state index contributed by atoms with van der Waals surface area (Å²) in [5.74, 6) is 0.933. The summed E-state index contributed by atoms with van der Waals surface area (Å²) in [5.41, 5.74) is 1.22. The maximum absolute atomic E-state index is 5.79. The van der Waals surface area contributed by atoms with Crippen molar-refractivity contribution in [1.82, 2.24) is 4.90 Å². The molecule has 1 fully saturated rings. The van der Waals surface area contributed by atoms with Crippen LogP contribution in [0.2, 0.25) is 0 Å². The first kappa shape index (κ1) is 13.6. The standard InChI is InChI=1S/C16H18NO2S/c1-2-16(20-13-1)14-3-5-15(6-4-14)19-12-9-17-7-10-18-11-8-17/h1-6H,7-12H2. The Morgan fingerprint density at radius 2 is 1.95 bits per heavy atom. The molecule has 0 unspecified atom stereocenters. The molecule has 3 rings (SSSR count). The summed E-state index contributed by atoms with van der Waals surface area (Å²) in [5, 5.41) is 3.11. The molecule has 0 spiro atoms. The zero-order valence-electron chi connectivity index (χ0n) is 11.4. The van der Waals surface area contributed by atoms with E-state index in [1.807, 2.05) is 18.2 Å². The van der Waals surface area contributed by atoms with Crippen LogP contribution in [0.1, 0.15) is 0 Å². The second kappa shape index (κ2) is 6.88. The lowest BCUT2D eigenvalue weighted by Gasteiger charge is -2.26. The van der Waals surface area contributed by atoms with Crippen molar-refractivity contribution in [3.63, 3.8) is 0 Å². The Balaban J connectivity index is 1.48. The van der Waals surface area contributed by atoms with Gasteiger partial charge in [-0.3, -0.25) is 4.90 Å². The second-order valence-electron chi connectivity index (χ2n) is 4.74. The molecular weight excluding hydrogens is 270 g/mol. The van der Waals surface area contributed by atoms with Crippen molar-refractivity contribution in [3.8, 4) is 16.2 Å². The Kier molecular flexibility index (Phi) is 4.69. The van der Waals surface area contributed by atoms with Crippen molar-refractivity contribution in [2.45, 2.75) is 0 Å². The molecule has 0 aliphatic carbocycles. The van der Waals surface area contributed by atoms with E-state index < -0.39 is 0 Å². The number of rotatable bonds is 5. The summed E-state index contributed by atoms with van der Waals surface area (Å²) in [6.07, 6.45) is 0. The maximum Gasteiger partial charge on any atom is 0.119 e. The van der Waals surface area contributed by atoms with Crippen LogP contribution in [0.5, 0.6) is 5.75 Å². The zero-order valence-corrected chi connectivity index (χ0v) is 12.2. The fourth-order valence-electron chi connectivity index (χ4n) is 2.23. The molecule has 0 saturated carbocycles. The van der Waals surface area contributed by atoms with Gasteiger partial charge in [0.25, 0.3) is 0 Å². The monoisotopic (exact) mass is 288 g/mol. The van der Waals surface area contributed by atoms with Gasteiger partial charge in [0.1, 0.15) is 12.4 Å². The highest BCUT2D eigenvalue weighted by Crippen LogP contribution is 2.26. The molecule has 3 nitrogen and oxygen atoms in total. The Morgan fingerprint density at radius 3 is 2.65 bits per heavy atom. The fourth-order valence-corrected chi connectivity index (χ4v) is 2.88. The summed E-state index contributed by atoms with van der Waals surface area (Å²) in [4.78, 5) is 3.61. The number of benzene rings is 1. The molecule has 1 aromatic carbocycles. The number of morpholine rings is 1. The van der Waals surface area contributed by atoms with E-state index in [2.05, 4.69) is 28.5 Å². The Hall–Kier alpha value is -1.36. The Labute approximate surface area is 123 Å². The SMILES string of the molecule is [c]1ccc(-c2ccc(OCCN3CCOCC3)cc2)s1. The van der Waals surface area contributed by atoms with Gasteiger partial charge in [-0.05, 0) is 42.0 Å². The first-order valence-electron chi connectivity index (χ1n) is 6.91. The van der Waals surface area contributed by atoms with E-state index in [9.17, 15) is 0 Å². The number of thiophene rings is 1. The van der Waals surface area contributed by atoms with Crippen molar-refractivity contribution in [3.05, 3.63) is 41.8 Å². The predicted octanol–water partition coefficient (Wildman–Crippen LogP) is 2.93. The second-order valence-corrected chi connectivity index (χ2v) is 5.62. The van der Waals surface area contributed by atoms with Crippen LogP contribution in [-0.4, -0.2) is 44.4 Å². The van der Waals surface area contributed by atoms with E-state index in [1.54, 1.807) is 11.3 Å². The van der Waals surface area contributed by atoms with E-state index >= 15 is 0 Å². The van der Waals surface area contributed by atoms with Gasteiger partial charge in [-0.15, -0.1) is 11.3 Å². The summed E-state index contributed by atoms with van der Waals surface area (Å²) >= 11 is 1.63. The average Bonchev–Trinajstić information content (AvgIpc) is 3.03. The highest BCUT2D eigenvalue weighted by Gasteiger charge is 2.09. The van der Waals surface area contributed by atoms with Crippen LogP contribution < -0.4 is 4.74 Å². The third kappa shape index (κ3) is 3.60. The molecule has 1 aliphatic rings. The van der Waals surface area contributed by atoms with Crippen LogP contribution in [-0.2, 0) is 4.74 Å². The van der Waals surface area contributed by atoms with Gasteiger partial charge in [-0.1, -0.05) is 0 Å². The average molecular weight is 288 g/mol. The number of ether oxygens (including phenoxy) is 2. The molecule has 105 valence electrons. The van der Waals surface area contributed by atoms with Crippen molar-refractivity contribution in [2.24, 2.45) is 0 Å². The number of nitrogens with zero attached hydrogens (tertiary/aromatic N) is 1. The highest BCUT2D eigenvalue weighted by molar-refractivity contribution is 7.13. The molecule has 2 aromatic rings. The van der Waals surface area contributed by atoms with Gasteiger partial charge in [-0.25, -0.2) is 0 Å². The topological polar surface area (TPSA) is 21.7 Å². The third-order valence-electron chi connectivity index (χ3n) is 3.39. The highest BCUT2D eigenvalue weighted by atomic mass is 32.1. The van der Waals surface area contributed by atoms with Crippen LogP contribution in [0, 0.1) is 5.38 Å². The van der Waals surface area contributed by atoms with E-state index in [4.69, 9.17) is 9.47 Å². The Morgan fingerprint density at radius 1 is 1.15 bits per heavy atom. The van der Waals surface area contributed by atoms with Gasteiger partial charge in [0, 0.05) is 29.9 Å². The van der Waals surface area contributed by atoms with E-state index in [0.29, 0.717) is 0 Å². The summed E-state index contributed by atoms with van der Waals surface area (Å²) in [7, 11) is 0. The smallest absolute Gasteiger partial charge is 0.119 e. The van der Waals surface area contributed by atoms with E-state index in [0.717, 1.165) is 45.2 Å². The maximum atomic E-state index is 5.79. The lowest BCUT2D eigenvalue weighted by atomic mass is 10.2. The molecule has 0 amide bonds. The number of hydrogen-bond acceptors (Lipinski definition) is 4. The summed E-state index contributed by atoms with van der Waals surface area (Å²) in [6, 6.07) is 12.3. The van der Waals surface area contributed by atoms with Gasteiger partial charge in [0.2, 0.25) is 0 Å². The lowest BCUT2D eigenvalue weighted by Crippen LogP contribution is -2.38. The van der Waals surface area contributed by atoms with Gasteiger partial charge in [-0.2, -0.15) is 0 Å². The van der Waals surface area contributed by atoms with Crippen LogP contribution >= 0.6 is 11.3 Å². The molecule has 0 N–H and O–H groups in total. The van der Waals surface area contributed by atoms with Gasteiger partial charge in [0.15, 0.2) is 0 Å². The normalized spacial score (nSPS) is 16.2. The molecule has 1 radical (unpaired) electrons. The van der Waals surface area contributed by atoms with Crippen molar-refractivity contribution < 1.29 is 9.47 Å². The molecule has 1 aliphatic heterocycles. The van der Waals surface area contributed by atoms with Crippen molar-refractivity contribution in [2.75, 3.05) is 39.5 Å². The minimum absolute atomic E-state index is 0.728. The minimum atomic E-state index is 0.728. The first-order chi connectivity index (χ1) is 9.92. The van der Waals surface area contributed by atoms with Gasteiger partial charge in [0.05, 0.1) is 13.2 Å². The molecule has 20 heavy (non-hydrogen) atoms. The van der Waals surface area contributed by atoms with Gasteiger partial charge >= 0.3 is 0 Å². The zero-order chi connectivity index (χ0) is 13.6. The quantitative estimate of drug-likeness (QED) is 0.844. The third-order valence-corrected chi connectivity index (χ3v) is 4.24. The molecule has 2 heterocycles. The fraction of sp³-hybridized carbons (Fsp3) is 0.375. The van der Waals surface area contributed by atoms with Crippen molar-refractivity contribution in [1.29, 1.82) is 0 Å². The van der Waals surface area contributed by atoms with Gasteiger partial charge < -0.3 is 9.47 Å². The molecule has 0 atom stereocenters. The predicted molar refractivity (Wildman–Crippen MR) is 81.3 cm³/mol. The summed E-state index contributed by atoms with van der Waals surface area (Å²) in [6.45, 7) is 5.39. The summed E-state index contributed by atoms with van der Waals surface area (Å²) < 4.78 is 11.1. The lowest BCUT2D eigenvalue weighted by molar-refractivity contribution is 0.0322.